The SMILES string of the molecule is Cc1cc(OC2CC2)c2nc(C=O)ccc2c1. The molecule has 0 radical (unpaired) electrons. The van der Waals surface area contributed by atoms with E-state index in [1.54, 1.807) is 6.07 Å². The summed E-state index contributed by atoms with van der Waals surface area (Å²) in [6.07, 6.45) is 3.33. The molecular weight excluding hydrogens is 214 g/mol. The van der Waals surface area contributed by atoms with E-state index in [4.69, 9.17) is 4.74 Å². The van der Waals surface area contributed by atoms with Crippen LogP contribution in [0.5, 0.6) is 5.75 Å². The van der Waals surface area contributed by atoms with Crippen molar-refractivity contribution >= 4 is 17.2 Å². The number of benzene rings is 1. The molecule has 1 aliphatic carbocycles. The Kier molecular flexibility index (Phi) is 2.32. The first kappa shape index (κ1) is 10.3. The van der Waals surface area contributed by atoms with Crippen molar-refractivity contribution in [1.29, 1.82) is 0 Å². The molecule has 0 N–H and O–H groups in total. The Hall–Kier alpha value is -1.90. The molecule has 86 valence electrons. The van der Waals surface area contributed by atoms with E-state index >= 15 is 0 Å². The van der Waals surface area contributed by atoms with Gasteiger partial charge in [-0.05, 0) is 43.5 Å². The van der Waals surface area contributed by atoms with E-state index in [0.717, 1.165) is 41.3 Å². The van der Waals surface area contributed by atoms with Crippen LogP contribution in [0.4, 0.5) is 0 Å². The van der Waals surface area contributed by atoms with E-state index in [-0.39, 0.29) is 0 Å². The fraction of sp³-hybridized carbons (Fsp3) is 0.286. The number of aldehydes is 1. The van der Waals surface area contributed by atoms with Crippen molar-refractivity contribution in [2.75, 3.05) is 0 Å². The maximum absolute atomic E-state index is 10.8. The lowest BCUT2D eigenvalue weighted by molar-refractivity contribution is 0.111. The van der Waals surface area contributed by atoms with Crippen molar-refractivity contribution in [3.63, 3.8) is 0 Å². The molecule has 1 aromatic heterocycles. The highest BCUT2D eigenvalue weighted by atomic mass is 16.5. The number of rotatable bonds is 3. The monoisotopic (exact) mass is 227 g/mol. The molecule has 0 aliphatic heterocycles. The molecule has 0 spiro atoms. The number of aryl methyl sites for hydroxylation is 1. The highest BCUT2D eigenvalue weighted by molar-refractivity contribution is 5.88. The van der Waals surface area contributed by atoms with Crippen molar-refractivity contribution in [2.45, 2.75) is 25.9 Å². The minimum atomic E-state index is 0.335. The number of aromatic nitrogens is 1. The molecule has 3 rings (SSSR count). The number of carbonyl (C=O) groups is 1. The lowest BCUT2D eigenvalue weighted by Gasteiger charge is -2.09. The van der Waals surface area contributed by atoms with Gasteiger partial charge < -0.3 is 4.74 Å². The normalized spacial score (nSPS) is 14.9. The van der Waals surface area contributed by atoms with Gasteiger partial charge in [-0.25, -0.2) is 4.98 Å². The third-order valence-corrected chi connectivity index (χ3v) is 2.86. The summed E-state index contributed by atoms with van der Waals surface area (Å²) in [5.74, 6) is 0.797. The average molecular weight is 227 g/mol. The summed E-state index contributed by atoms with van der Waals surface area (Å²) in [6.45, 7) is 2.03. The predicted molar refractivity (Wildman–Crippen MR) is 65.5 cm³/mol. The summed E-state index contributed by atoms with van der Waals surface area (Å²) in [5.41, 5.74) is 2.38. The zero-order valence-corrected chi connectivity index (χ0v) is 9.64. The van der Waals surface area contributed by atoms with E-state index < -0.39 is 0 Å². The van der Waals surface area contributed by atoms with Gasteiger partial charge in [0.25, 0.3) is 0 Å². The Morgan fingerprint density at radius 2 is 2.18 bits per heavy atom. The molecule has 0 bridgehead atoms. The molecule has 3 heteroatoms. The summed E-state index contributed by atoms with van der Waals surface area (Å²) in [6, 6.07) is 7.69. The van der Waals surface area contributed by atoms with E-state index in [1.807, 2.05) is 19.1 Å². The fourth-order valence-electron chi connectivity index (χ4n) is 1.88. The molecule has 2 aromatic rings. The van der Waals surface area contributed by atoms with Crippen molar-refractivity contribution in [3.8, 4) is 5.75 Å². The molecule has 0 atom stereocenters. The Bertz CT molecular complexity index is 588. The molecule has 1 aliphatic rings. The first-order chi connectivity index (χ1) is 8.26. The lowest BCUT2D eigenvalue weighted by Crippen LogP contribution is -1.99. The van der Waals surface area contributed by atoms with E-state index in [9.17, 15) is 4.79 Å². The highest BCUT2D eigenvalue weighted by Gasteiger charge is 2.24. The zero-order chi connectivity index (χ0) is 11.8. The molecule has 3 nitrogen and oxygen atoms in total. The molecule has 1 fully saturated rings. The molecule has 0 amide bonds. The van der Waals surface area contributed by atoms with Crippen LogP contribution in [0.2, 0.25) is 0 Å². The largest absolute Gasteiger partial charge is 0.488 e. The number of ether oxygens (including phenoxy) is 1. The molecule has 0 unspecified atom stereocenters. The van der Waals surface area contributed by atoms with Crippen LogP contribution in [0.1, 0.15) is 28.9 Å². The van der Waals surface area contributed by atoms with Gasteiger partial charge in [0, 0.05) is 5.39 Å². The fourth-order valence-corrected chi connectivity index (χ4v) is 1.88. The summed E-state index contributed by atoms with van der Waals surface area (Å²) in [4.78, 5) is 15.1. The molecule has 17 heavy (non-hydrogen) atoms. The van der Waals surface area contributed by atoms with Crippen LogP contribution >= 0.6 is 0 Å². The Balaban J connectivity index is 2.17. The average Bonchev–Trinajstić information content (AvgIpc) is 3.12. The number of hydrogen-bond acceptors (Lipinski definition) is 3. The second-order valence-electron chi connectivity index (χ2n) is 4.51. The second kappa shape index (κ2) is 3.84. The molecule has 1 heterocycles. The first-order valence-corrected chi connectivity index (χ1v) is 5.79. The van der Waals surface area contributed by atoms with Crippen LogP contribution in [0.25, 0.3) is 10.9 Å². The van der Waals surface area contributed by atoms with E-state index in [0.29, 0.717) is 11.8 Å². The smallest absolute Gasteiger partial charge is 0.168 e. The van der Waals surface area contributed by atoms with Crippen LogP contribution in [-0.4, -0.2) is 17.4 Å². The molecule has 1 saturated carbocycles. The zero-order valence-electron chi connectivity index (χ0n) is 9.64. The van der Waals surface area contributed by atoms with Gasteiger partial charge in [-0.1, -0.05) is 6.07 Å². The maximum atomic E-state index is 10.8. The van der Waals surface area contributed by atoms with Gasteiger partial charge in [0.05, 0.1) is 6.10 Å². The minimum Gasteiger partial charge on any atom is -0.488 e. The number of pyridine rings is 1. The number of fused-ring (bicyclic) bond motifs is 1. The van der Waals surface area contributed by atoms with Crippen molar-refractivity contribution in [1.82, 2.24) is 4.98 Å². The Labute approximate surface area is 99.4 Å². The van der Waals surface area contributed by atoms with E-state index in [1.165, 1.54) is 0 Å². The topological polar surface area (TPSA) is 39.2 Å². The summed E-state index contributed by atoms with van der Waals surface area (Å²) in [7, 11) is 0. The third-order valence-electron chi connectivity index (χ3n) is 2.86. The van der Waals surface area contributed by atoms with Crippen LogP contribution < -0.4 is 4.74 Å². The van der Waals surface area contributed by atoms with Gasteiger partial charge in [-0.2, -0.15) is 0 Å². The molecular formula is C14H13NO2. The third kappa shape index (κ3) is 2.00. The standard InChI is InChI=1S/C14H13NO2/c1-9-6-10-2-3-11(8-16)15-14(10)13(7-9)17-12-4-5-12/h2-3,6-8,12H,4-5H2,1H3. The Morgan fingerprint density at radius 3 is 2.88 bits per heavy atom. The van der Waals surface area contributed by atoms with Crippen molar-refractivity contribution < 1.29 is 9.53 Å². The van der Waals surface area contributed by atoms with Gasteiger partial charge in [0.1, 0.15) is 17.0 Å². The van der Waals surface area contributed by atoms with Gasteiger partial charge in [-0.3, -0.25) is 4.79 Å². The number of hydrogen-bond donors (Lipinski definition) is 0. The summed E-state index contributed by atoms with van der Waals surface area (Å²) in [5, 5.41) is 1.02. The number of nitrogens with zero attached hydrogens (tertiary/aromatic N) is 1. The lowest BCUT2D eigenvalue weighted by atomic mass is 10.1. The second-order valence-corrected chi connectivity index (χ2v) is 4.51. The van der Waals surface area contributed by atoms with Gasteiger partial charge in [0.15, 0.2) is 6.29 Å². The van der Waals surface area contributed by atoms with Crippen LogP contribution in [0, 0.1) is 6.92 Å². The van der Waals surface area contributed by atoms with E-state index in [2.05, 4.69) is 11.1 Å². The van der Waals surface area contributed by atoms with Gasteiger partial charge >= 0.3 is 0 Å². The number of carbonyl (C=O) groups excluding carboxylic acids is 1. The summed E-state index contributed by atoms with van der Waals surface area (Å²) >= 11 is 0. The van der Waals surface area contributed by atoms with Crippen molar-refractivity contribution in [2.24, 2.45) is 0 Å². The van der Waals surface area contributed by atoms with Gasteiger partial charge in [-0.15, -0.1) is 0 Å². The predicted octanol–water partition coefficient (Wildman–Crippen LogP) is 2.90. The summed E-state index contributed by atoms with van der Waals surface area (Å²) < 4.78 is 5.84. The molecule has 0 saturated heterocycles. The Morgan fingerprint density at radius 1 is 1.35 bits per heavy atom. The van der Waals surface area contributed by atoms with Crippen LogP contribution in [0.15, 0.2) is 24.3 Å². The maximum Gasteiger partial charge on any atom is 0.168 e. The van der Waals surface area contributed by atoms with Crippen LogP contribution in [-0.2, 0) is 0 Å². The first-order valence-electron chi connectivity index (χ1n) is 5.79. The van der Waals surface area contributed by atoms with Crippen LogP contribution in [0.3, 0.4) is 0 Å². The molecule has 1 aromatic carbocycles. The minimum absolute atomic E-state index is 0.335. The van der Waals surface area contributed by atoms with Gasteiger partial charge in [0.2, 0.25) is 0 Å². The highest BCUT2D eigenvalue weighted by Crippen LogP contribution is 2.32. The quantitative estimate of drug-likeness (QED) is 0.757. The van der Waals surface area contributed by atoms with Crippen molar-refractivity contribution in [3.05, 3.63) is 35.5 Å².